The Kier molecular flexibility index (Phi) is 7.22. The van der Waals surface area contributed by atoms with Crippen LogP contribution in [0.1, 0.15) is 35.1 Å². The number of halogens is 3. The van der Waals surface area contributed by atoms with Gasteiger partial charge in [-0.3, -0.25) is 9.59 Å². The summed E-state index contributed by atoms with van der Waals surface area (Å²) >= 11 is 0. The zero-order chi connectivity index (χ0) is 25.9. The SMILES string of the molecule is CC(=O)N(C)[C@H]1CCN(C(=O)c2ccc(NCc3cccc(-c4nc(CC(F)(F)F)no4)c3)nc2)C1. The van der Waals surface area contributed by atoms with Crippen LogP contribution in [0.4, 0.5) is 19.0 Å². The fourth-order valence-corrected chi connectivity index (χ4v) is 3.94. The number of hydrogen-bond donors (Lipinski definition) is 1. The molecule has 1 aliphatic rings. The van der Waals surface area contributed by atoms with Crippen LogP contribution >= 0.6 is 0 Å². The van der Waals surface area contributed by atoms with E-state index in [-0.39, 0.29) is 23.7 Å². The fraction of sp³-hybridized carbons (Fsp3) is 0.375. The van der Waals surface area contributed by atoms with Gasteiger partial charge in [-0.1, -0.05) is 17.3 Å². The van der Waals surface area contributed by atoms with Crippen LogP contribution in [0.15, 0.2) is 47.1 Å². The average Bonchev–Trinajstić information content (AvgIpc) is 3.51. The number of alkyl halides is 3. The van der Waals surface area contributed by atoms with Crippen molar-refractivity contribution in [1.82, 2.24) is 24.9 Å². The van der Waals surface area contributed by atoms with Gasteiger partial charge in [0.1, 0.15) is 12.2 Å². The second-order valence-electron chi connectivity index (χ2n) is 8.62. The zero-order valence-corrected chi connectivity index (χ0v) is 19.7. The number of nitrogens with zero attached hydrogens (tertiary/aromatic N) is 5. The van der Waals surface area contributed by atoms with E-state index in [1.165, 1.54) is 13.1 Å². The second kappa shape index (κ2) is 10.3. The van der Waals surface area contributed by atoms with Crippen molar-refractivity contribution in [1.29, 1.82) is 0 Å². The highest BCUT2D eigenvalue weighted by Crippen LogP contribution is 2.24. The number of pyridine rings is 1. The first-order valence-electron chi connectivity index (χ1n) is 11.3. The molecule has 12 heteroatoms. The highest BCUT2D eigenvalue weighted by Gasteiger charge is 2.31. The maximum atomic E-state index is 12.8. The van der Waals surface area contributed by atoms with Crippen molar-refractivity contribution in [3.8, 4) is 11.5 Å². The summed E-state index contributed by atoms with van der Waals surface area (Å²) in [6, 6.07) is 10.4. The average molecular weight is 502 g/mol. The summed E-state index contributed by atoms with van der Waals surface area (Å²) in [5.41, 5.74) is 1.78. The van der Waals surface area contributed by atoms with Gasteiger partial charge in [0.2, 0.25) is 5.91 Å². The van der Waals surface area contributed by atoms with Gasteiger partial charge in [-0.05, 0) is 36.2 Å². The van der Waals surface area contributed by atoms with Gasteiger partial charge in [-0.15, -0.1) is 0 Å². The highest BCUT2D eigenvalue weighted by molar-refractivity contribution is 5.94. The quantitative estimate of drug-likeness (QED) is 0.527. The largest absolute Gasteiger partial charge is 0.396 e. The molecule has 0 spiro atoms. The van der Waals surface area contributed by atoms with Crippen LogP contribution in [0.2, 0.25) is 0 Å². The number of carbonyl (C=O) groups is 2. The number of amides is 2. The van der Waals surface area contributed by atoms with Crippen molar-refractivity contribution in [3.63, 3.8) is 0 Å². The summed E-state index contributed by atoms with van der Waals surface area (Å²) in [7, 11) is 1.74. The summed E-state index contributed by atoms with van der Waals surface area (Å²) in [6.07, 6.45) is -3.43. The molecule has 190 valence electrons. The predicted octanol–water partition coefficient (Wildman–Crippen LogP) is 3.54. The third kappa shape index (κ3) is 6.18. The molecule has 3 aromatic rings. The molecule has 36 heavy (non-hydrogen) atoms. The van der Waals surface area contributed by atoms with E-state index < -0.39 is 18.4 Å². The first-order chi connectivity index (χ1) is 17.1. The Labute approximate surface area is 205 Å². The van der Waals surface area contributed by atoms with Gasteiger partial charge in [0, 0.05) is 45.4 Å². The van der Waals surface area contributed by atoms with Crippen molar-refractivity contribution in [2.45, 2.75) is 38.5 Å². The van der Waals surface area contributed by atoms with Crippen molar-refractivity contribution in [2.75, 3.05) is 25.5 Å². The summed E-state index contributed by atoms with van der Waals surface area (Å²) in [6.45, 7) is 2.96. The Morgan fingerprint density at radius 3 is 2.75 bits per heavy atom. The van der Waals surface area contributed by atoms with Crippen LogP contribution in [-0.4, -0.2) is 69.1 Å². The van der Waals surface area contributed by atoms with E-state index in [2.05, 4.69) is 20.4 Å². The molecule has 2 amide bonds. The number of aromatic nitrogens is 3. The number of benzene rings is 1. The maximum absolute atomic E-state index is 12.8. The van der Waals surface area contributed by atoms with E-state index in [4.69, 9.17) is 4.52 Å². The van der Waals surface area contributed by atoms with Crippen LogP contribution in [0.5, 0.6) is 0 Å². The van der Waals surface area contributed by atoms with Crippen molar-refractivity contribution in [3.05, 3.63) is 59.5 Å². The molecular formula is C24H25F3N6O3. The van der Waals surface area contributed by atoms with Crippen LogP contribution in [0.3, 0.4) is 0 Å². The van der Waals surface area contributed by atoms with E-state index in [0.29, 0.717) is 36.6 Å². The number of likely N-dealkylation sites (N-methyl/N-ethyl adjacent to an activating group) is 1. The van der Waals surface area contributed by atoms with Crippen LogP contribution < -0.4 is 5.32 Å². The molecule has 1 fully saturated rings. The lowest BCUT2D eigenvalue weighted by atomic mass is 10.1. The van der Waals surface area contributed by atoms with Crippen LogP contribution in [-0.2, 0) is 17.8 Å². The molecule has 2 aromatic heterocycles. The van der Waals surface area contributed by atoms with Crippen LogP contribution in [0.25, 0.3) is 11.5 Å². The number of rotatable bonds is 7. The molecule has 0 saturated carbocycles. The highest BCUT2D eigenvalue weighted by atomic mass is 19.4. The van der Waals surface area contributed by atoms with E-state index in [1.807, 2.05) is 6.07 Å². The predicted molar refractivity (Wildman–Crippen MR) is 124 cm³/mol. The van der Waals surface area contributed by atoms with Crippen molar-refractivity contribution in [2.24, 2.45) is 0 Å². The Bertz CT molecular complexity index is 1230. The minimum Gasteiger partial charge on any atom is -0.366 e. The molecule has 1 atom stereocenters. The fourth-order valence-electron chi connectivity index (χ4n) is 3.94. The molecule has 1 saturated heterocycles. The molecule has 1 aromatic carbocycles. The van der Waals surface area contributed by atoms with Gasteiger partial charge in [-0.25, -0.2) is 4.98 Å². The summed E-state index contributed by atoms with van der Waals surface area (Å²) in [5, 5.41) is 6.54. The minimum atomic E-state index is -4.41. The Balaban J connectivity index is 1.34. The number of carbonyl (C=O) groups excluding carboxylic acids is 2. The van der Waals surface area contributed by atoms with Gasteiger partial charge in [0.25, 0.3) is 11.8 Å². The van der Waals surface area contributed by atoms with Crippen molar-refractivity contribution < 1.29 is 27.3 Å². The molecular weight excluding hydrogens is 477 g/mol. The molecule has 1 N–H and O–H groups in total. The number of hydrogen-bond acceptors (Lipinski definition) is 7. The summed E-state index contributed by atoms with van der Waals surface area (Å²) < 4.78 is 42.6. The first-order valence-corrected chi connectivity index (χ1v) is 11.3. The van der Waals surface area contributed by atoms with Crippen LogP contribution in [0, 0.1) is 0 Å². The van der Waals surface area contributed by atoms with Gasteiger partial charge in [-0.2, -0.15) is 18.2 Å². The van der Waals surface area contributed by atoms with E-state index in [0.717, 1.165) is 12.0 Å². The molecule has 0 bridgehead atoms. The lowest BCUT2D eigenvalue weighted by Gasteiger charge is -2.23. The smallest absolute Gasteiger partial charge is 0.366 e. The number of nitrogens with one attached hydrogen (secondary N) is 1. The number of anilines is 1. The molecule has 4 rings (SSSR count). The van der Waals surface area contributed by atoms with Gasteiger partial charge >= 0.3 is 6.18 Å². The van der Waals surface area contributed by atoms with Gasteiger partial charge < -0.3 is 19.6 Å². The first kappa shape index (κ1) is 25.1. The maximum Gasteiger partial charge on any atom is 0.396 e. The molecule has 0 aliphatic carbocycles. The van der Waals surface area contributed by atoms with E-state index >= 15 is 0 Å². The van der Waals surface area contributed by atoms with Gasteiger partial charge in [0.15, 0.2) is 5.82 Å². The number of likely N-dealkylation sites (tertiary alicyclic amines) is 1. The molecule has 3 heterocycles. The monoisotopic (exact) mass is 502 g/mol. The van der Waals surface area contributed by atoms with Gasteiger partial charge in [0.05, 0.1) is 11.6 Å². The standard InChI is InChI=1S/C24H25F3N6O3/c1-15(34)32(2)19-8-9-33(14-19)23(35)18-6-7-20(29-13-18)28-12-16-4-3-5-17(10-16)22-30-21(31-36-22)11-24(25,26)27/h3-7,10,13,19H,8-9,11-12,14H2,1-2H3,(H,28,29)/t19-/m0/s1. The third-order valence-corrected chi connectivity index (χ3v) is 5.98. The second-order valence-corrected chi connectivity index (χ2v) is 8.62. The Hall–Kier alpha value is -3.96. The molecule has 9 nitrogen and oxygen atoms in total. The van der Waals surface area contributed by atoms with Crippen molar-refractivity contribution >= 4 is 17.6 Å². The van der Waals surface area contributed by atoms with E-state index in [1.54, 1.807) is 47.2 Å². The Morgan fingerprint density at radius 2 is 2.06 bits per heavy atom. The third-order valence-electron chi connectivity index (χ3n) is 5.98. The Morgan fingerprint density at radius 1 is 1.25 bits per heavy atom. The zero-order valence-electron chi connectivity index (χ0n) is 19.7. The topological polar surface area (TPSA) is 104 Å². The normalized spacial score (nSPS) is 15.7. The van der Waals surface area contributed by atoms with E-state index in [9.17, 15) is 22.8 Å². The summed E-state index contributed by atoms with van der Waals surface area (Å²) in [4.78, 5) is 35.9. The molecule has 0 unspecified atom stereocenters. The minimum absolute atomic E-state index is 0.00994. The molecule has 0 radical (unpaired) electrons. The lowest BCUT2D eigenvalue weighted by Crippen LogP contribution is -2.38. The lowest BCUT2D eigenvalue weighted by molar-refractivity contribution is -0.130. The molecule has 1 aliphatic heterocycles. The summed E-state index contributed by atoms with van der Waals surface area (Å²) in [5.74, 6) is -0.0189.